The van der Waals surface area contributed by atoms with Crippen LogP contribution in [0.5, 0.6) is 0 Å². The largest absolute Gasteiger partial charge is 0.375 e. The van der Waals surface area contributed by atoms with Gasteiger partial charge in [-0.3, -0.25) is 9.69 Å². The summed E-state index contributed by atoms with van der Waals surface area (Å²) in [4.78, 5) is 13.8. The van der Waals surface area contributed by atoms with Crippen molar-refractivity contribution in [3.05, 3.63) is 0 Å². The van der Waals surface area contributed by atoms with Crippen molar-refractivity contribution in [1.29, 1.82) is 0 Å². The molecule has 0 aromatic rings. The number of carbonyl (C=O) groups excluding carboxylic acids is 1. The molecule has 104 valence electrons. The Morgan fingerprint density at radius 3 is 3.00 bits per heavy atom. The van der Waals surface area contributed by atoms with Crippen molar-refractivity contribution < 1.29 is 9.53 Å². The summed E-state index contributed by atoms with van der Waals surface area (Å²) in [6.45, 7) is 5.17. The van der Waals surface area contributed by atoms with E-state index in [1.165, 1.54) is 19.3 Å². The standard InChI is InChI=1S/C13H25N3O2/c1-2-15-10(13(14)17)9-16-7-8-18-12-6-4-3-5-11(12)16/h10-12,15H,2-9H2,1H3,(H2,14,17). The average molecular weight is 255 g/mol. The van der Waals surface area contributed by atoms with E-state index >= 15 is 0 Å². The zero-order chi connectivity index (χ0) is 13.0. The third-order valence-electron chi connectivity index (χ3n) is 4.06. The van der Waals surface area contributed by atoms with Gasteiger partial charge in [-0.2, -0.15) is 0 Å². The van der Waals surface area contributed by atoms with Gasteiger partial charge in [-0.15, -0.1) is 0 Å². The van der Waals surface area contributed by atoms with Gasteiger partial charge in [-0.25, -0.2) is 0 Å². The molecule has 0 radical (unpaired) electrons. The van der Waals surface area contributed by atoms with Crippen molar-refractivity contribution in [1.82, 2.24) is 10.2 Å². The third-order valence-corrected chi connectivity index (χ3v) is 4.06. The van der Waals surface area contributed by atoms with Crippen LogP contribution < -0.4 is 11.1 Å². The minimum atomic E-state index is -0.254. The number of carbonyl (C=O) groups is 1. The second kappa shape index (κ2) is 6.50. The molecule has 1 aliphatic heterocycles. The van der Waals surface area contributed by atoms with Gasteiger partial charge in [0.25, 0.3) is 0 Å². The fourth-order valence-electron chi connectivity index (χ4n) is 3.14. The Kier molecular flexibility index (Phi) is 4.97. The first-order valence-corrected chi connectivity index (χ1v) is 7.10. The van der Waals surface area contributed by atoms with Gasteiger partial charge >= 0.3 is 0 Å². The van der Waals surface area contributed by atoms with E-state index < -0.39 is 0 Å². The molecule has 1 aliphatic carbocycles. The molecule has 0 spiro atoms. The van der Waals surface area contributed by atoms with E-state index in [9.17, 15) is 4.79 Å². The predicted octanol–water partition coefficient (Wildman–Crippen LogP) is 0.0932. The zero-order valence-corrected chi connectivity index (χ0v) is 11.2. The fraction of sp³-hybridized carbons (Fsp3) is 0.923. The number of hydrogen-bond donors (Lipinski definition) is 2. The molecule has 0 bridgehead atoms. The minimum Gasteiger partial charge on any atom is -0.375 e. The number of ether oxygens (including phenoxy) is 1. The number of amides is 1. The number of morpholine rings is 1. The normalized spacial score (nSPS) is 30.7. The minimum absolute atomic E-state index is 0.240. The summed E-state index contributed by atoms with van der Waals surface area (Å²) in [7, 11) is 0. The van der Waals surface area contributed by atoms with Gasteiger partial charge in [0.1, 0.15) is 0 Å². The number of likely N-dealkylation sites (N-methyl/N-ethyl adjacent to an activating group) is 1. The van der Waals surface area contributed by atoms with Crippen LogP contribution in [0.25, 0.3) is 0 Å². The van der Waals surface area contributed by atoms with E-state index in [-0.39, 0.29) is 11.9 Å². The molecule has 5 heteroatoms. The van der Waals surface area contributed by atoms with Crippen LogP contribution in [0, 0.1) is 0 Å². The lowest BCUT2D eigenvalue weighted by molar-refractivity contribution is -0.123. The maximum absolute atomic E-state index is 11.4. The molecule has 3 unspecified atom stereocenters. The smallest absolute Gasteiger partial charge is 0.235 e. The maximum Gasteiger partial charge on any atom is 0.235 e. The van der Waals surface area contributed by atoms with E-state index in [1.54, 1.807) is 0 Å². The van der Waals surface area contributed by atoms with Crippen molar-refractivity contribution in [3.63, 3.8) is 0 Å². The highest BCUT2D eigenvalue weighted by Gasteiger charge is 2.35. The van der Waals surface area contributed by atoms with E-state index in [0.717, 1.165) is 26.1 Å². The molecule has 2 rings (SSSR count). The summed E-state index contributed by atoms with van der Waals surface area (Å²) in [5, 5.41) is 3.17. The molecule has 1 heterocycles. The van der Waals surface area contributed by atoms with Gasteiger partial charge in [0, 0.05) is 19.1 Å². The van der Waals surface area contributed by atoms with E-state index in [1.807, 2.05) is 6.92 Å². The van der Waals surface area contributed by atoms with Crippen LogP contribution in [-0.4, -0.2) is 55.2 Å². The number of nitrogens with zero attached hydrogens (tertiary/aromatic N) is 1. The van der Waals surface area contributed by atoms with Gasteiger partial charge in [0.05, 0.1) is 18.8 Å². The van der Waals surface area contributed by atoms with Gasteiger partial charge in [0.2, 0.25) is 5.91 Å². The van der Waals surface area contributed by atoms with Crippen LogP contribution in [0.15, 0.2) is 0 Å². The number of primary amides is 1. The summed E-state index contributed by atoms with van der Waals surface area (Å²) >= 11 is 0. The summed E-state index contributed by atoms with van der Waals surface area (Å²) in [6, 6.07) is 0.240. The number of rotatable bonds is 5. The Bertz CT molecular complexity index is 283. The van der Waals surface area contributed by atoms with Crippen LogP contribution in [0.4, 0.5) is 0 Å². The molecular formula is C13H25N3O2. The zero-order valence-electron chi connectivity index (χ0n) is 11.2. The number of nitrogens with two attached hydrogens (primary N) is 1. The molecule has 3 N–H and O–H groups in total. The monoisotopic (exact) mass is 255 g/mol. The molecule has 1 amide bonds. The lowest BCUT2D eigenvalue weighted by Crippen LogP contribution is -2.58. The Labute approximate surface area is 109 Å². The summed E-state index contributed by atoms with van der Waals surface area (Å²) in [5.74, 6) is -0.254. The first-order valence-electron chi connectivity index (χ1n) is 7.10. The van der Waals surface area contributed by atoms with Gasteiger partial charge < -0.3 is 15.8 Å². The fourth-order valence-corrected chi connectivity index (χ4v) is 3.14. The van der Waals surface area contributed by atoms with Crippen molar-refractivity contribution in [2.45, 2.75) is 50.8 Å². The van der Waals surface area contributed by atoms with Gasteiger partial charge in [-0.05, 0) is 19.4 Å². The number of fused-ring (bicyclic) bond motifs is 1. The number of nitrogens with one attached hydrogen (secondary N) is 1. The Morgan fingerprint density at radius 2 is 2.28 bits per heavy atom. The highest BCUT2D eigenvalue weighted by atomic mass is 16.5. The molecule has 1 saturated heterocycles. The van der Waals surface area contributed by atoms with Gasteiger partial charge in [0.15, 0.2) is 0 Å². The summed E-state index contributed by atoms with van der Waals surface area (Å²) < 4.78 is 5.84. The molecule has 18 heavy (non-hydrogen) atoms. The maximum atomic E-state index is 11.4. The average Bonchev–Trinajstić information content (AvgIpc) is 2.38. The van der Waals surface area contributed by atoms with E-state index in [0.29, 0.717) is 18.7 Å². The quantitative estimate of drug-likeness (QED) is 0.731. The summed E-state index contributed by atoms with van der Waals surface area (Å²) in [6.07, 6.45) is 5.24. The van der Waals surface area contributed by atoms with Crippen LogP contribution in [-0.2, 0) is 9.53 Å². The number of hydrogen-bond acceptors (Lipinski definition) is 4. The molecule has 2 fully saturated rings. The van der Waals surface area contributed by atoms with Crippen LogP contribution in [0.1, 0.15) is 32.6 Å². The van der Waals surface area contributed by atoms with Crippen molar-refractivity contribution in [2.24, 2.45) is 5.73 Å². The van der Waals surface area contributed by atoms with Crippen molar-refractivity contribution >= 4 is 5.91 Å². The highest BCUT2D eigenvalue weighted by molar-refractivity contribution is 5.80. The first-order chi connectivity index (χ1) is 8.72. The first kappa shape index (κ1) is 13.8. The second-order valence-electron chi connectivity index (χ2n) is 5.27. The Morgan fingerprint density at radius 1 is 1.50 bits per heavy atom. The highest BCUT2D eigenvalue weighted by Crippen LogP contribution is 2.28. The summed E-state index contributed by atoms with van der Waals surface area (Å²) in [5.41, 5.74) is 5.45. The van der Waals surface area contributed by atoms with Crippen LogP contribution in [0.2, 0.25) is 0 Å². The molecule has 5 nitrogen and oxygen atoms in total. The topological polar surface area (TPSA) is 67.6 Å². The SMILES string of the molecule is CCNC(CN1CCOC2CCCCC21)C(N)=O. The molecule has 1 saturated carbocycles. The lowest BCUT2D eigenvalue weighted by Gasteiger charge is -2.44. The van der Waals surface area contributed by atoms with Crippen molar-refractivity contribution in [3.8, 4) is 0 Å². The molecule has 3 atom stereocenters. The van der Waals surface area contributed by atoms with Crippen LogP contribution in [0.3, 0.4) is 0 Å². The lowest BCUT2D eigenvalue weighted by atomic mass is 9.90. The molecular weight excluding hydrogens is 230 g/mol. The molecule has 0 aromatic carbocycles. The van der Waals surface area contributed by atoms with Crippen LogP contribution >= 0.6 is 0 Å². The Balaban J connectivity index is 1.95. The second-order valence-corrected chi connectivity index (χ2v) is 5.27. The van der Waals surface area contributed by atoms with E-state index in [4.69, 9.17) is 10.5 Å². The molecule has 0 aromatic heterocycles. The van der Waals surface area contributed by atoms with Gasteiger partial charge in [-0.1, -0.05) is 19.8 Å². The van der Waals surface area contributed by atoms with Crippen molar-refractivity contribution in [2.75, 3.05) is 26.2 Å². The molecule has 2 aliphatic rings. The third kappa shape index (κ3) is 3.22. The Hall–Kier alpha value is -0.650. The predicted molar refractivity (Wildman–Crippen MR) is 70.2 cm³/mol. The van der Waals surface area contributed by atoms with E-state index in [2.05, 4.69) is 10.2 Å².